The van der Waals surface area contributed by atoms with Crippen LogP contribution in [-0.2, 0) is 0 Å². The van der Waals surface area contributed by atoms with E-state index in [4.69, 9.17) is 9.52 Å². The van der Waals surface area contributed by atoms with Crippen LogP contribution in [0.4, 0.5) is 0 Å². The highest BCUT2D eigenvalue weighted by Crippen LogP contribution is 2.27. The predicted molar refractivity (Wildman–Crippen MR) is 66.4 cm³/mol. The molecule has 0 saturated heterocycles. The van der Waals surface area contributed by atoms with Crippen molar-refractivity contribution in [3.05, 3.63) is 54.4 Å². The Hall–Kier alpha value is -2.62. The smallest absolute Gasteiger partial charge is 0.354 e. The van der Waals surface area contributed by atoms with Crippen molar-refractivity contribution in [1.29, 1.82) is 0 Å². The van der Waals surface area contributed by atoms with Gasteiger partial charge in [0.2, 0.25) is 0 Å². The van der Waals surface area contributed by atoms with Crippen LogP contribution in [-0.4, -0.2) is 16.1 Å². The van der Waals surface area contributed by atoms with Crippen LogP contribution in [0, 0.1) is 0 Å². The molecule has 2 heterocycles. The summed E-state index contributed by atoms with van der Waals surface area (Å²) in [6.45, 7) is 0. The number of furan rings is 1. The van der Waals surface area contributed by atoms with E-state index in [0.717, 1.165) is 11.0 Å². The van der Waals surface area contributed by atoms with E-state index >= 15 is 0 Å². The lowest BCUT2D eigenvalue weighted by Crippen LogP contribution is -1.99. The Kier molecular flexibility index (Phi) is 2.34. The number of hydrogen-bond donors (Lipinski definition) is 1. The third-order valence-electron chi connectivity index (χ3n) is 2.69. The van der Waals surface area contributed by atoms with Gasteiger partial charge in [-0.3, -0.25) is 0 Å². The first-order chi connectivity index (χ1) is 8.74. The Labute approximate surface area is 103 Å². The van der Waals surface area contributed by atoms with Crippen LogP contribution >= 0.6 is 0 Å². The molecule has 0 fully saturated rings. The summed E-state index contributed by atoms with van der Waals surface area (Å²) >= 11 is 0. The van der Waals surface area contributed by atoms with E-state index in [1.807, 2.05) is 30.3 Å². The zero-order chi connectivity index (χ0) is 12.5. The van der Waals surface area contributed by atoms with Gasteiger partial charge in [0.1, 0.15) is 17.0 Å². The van der Waals surface area contributed by atoms with Crippen molar-refractivity contribution in [2.45, 2.75) is 0 Å². The molecule has 2 aromatic heterocycles. The van der Waals surface area contributed by atoms with Gasteiger partial charge >= 0.3 is 5.97 Å². The normalized spacial score (nSPS) is 10.7. The number of nitrogens with zero attached hydrogens (tertiary/aromatic N) is 1. The number of hydrogen-bond acceptors (Lipinski definition) is 3. The van der Waals surface area contributed by atoms with Gasteiger partial charge in [-0.1, -0.05) is 18.2 Å². The molecule has 3 rings (SSSR count). The topological polar surface area (TPSA) is 63.3 Å². The molecule has 0 amide bonds. The summed E-state index contributed by atoms with van der Waals surface area (Å²) < 4.78 is 5.67. The maximum atomic E-state index is 10.9. The van der Waals surface area contributed by atoms with Crippen LogP contribution in [0.3, 0.4) is 0 Å². The molecule has 0 aliphatic heterocycles. The maximum Gasteiger partial charge on any atom is 0.354 e. The van der Waals surface area contributed by atoms with Gasteiger partial charge < -0.3 is 9.52 Å². The predicted octanol–water partition coefficient (Wildman–Crippen LogP) is 3.19. The van der Waals surface area contributed by atoms with Crippen LogP contribution in [0.5, 0.6) is 0 Å². The Bertz CT molecular complexity index is 697. The van der Waals surface area contributed by atoms with Crippen molar-refractivity contribution in [2.24, 2.45) is 0 Å². The Morgan fingerprint density at radius 2 is 2.00 bits per heavy atom. The molecule has 0 aliphatic carbocycles. The second kappa shape index (κ2) is 4.00. The fraction of sp³-hybridized carbons (Fsp3) is 0. The summed E-state index contributed by atoms with van der Waals surface area (Å²) in [6.07, 6.45) is 1.46. The fourth-order valence-corrected chi connectivity index (χ4v) is 1.82. The van der Waals surface area contributed by atoms with Crippen molar-refractivity contribution >= 4 is 16.9 Å². The minimum Gasteiger partial charge on any atom is -0.477 e. The van der Waals surface area contributed by atoms with Gasteiger partial charge in [0.05, 0.1) is 0 Å². The molecule has 4 heteroatoms. The van der Waals surface area contributed by atoms with Gasteiger partial charge in [0.25, 0.3) is 0 Å². The number of benzene rings is 1. The third kappa shape index (κ3) is 1.73. The van der Waals surface area contributed by atoms with Crippen LogP contribution in [0.1, 0.15) is 10.5 Å². The highest BCUT2D eigenvalue weighted by molar-refractivity contribution is 5.88. The first kappa shape index (κ1) is 10.5. The highest BCUT2D eigenvalue weighted by Gasteiger charge is 2.09. The molecule has 0 saturated carbocycles. The molecule has 0 spiro atoms. The molecular weight excluding hydrogens is 230 g/mol. The van der Waals surface area contributed by atoms with E-state index in [9.17, 15) is 4.79 Å². The molecule has 4 nitrogen and oxygen atoms in total. The largest absolute Gasteiger partial charge is 0.477 e. The van der Waals surface area contributed by atoms with Gasteiger partial charge in [0, 0.05) is 17.1 Å². The number of para-hydroxylation sites is 1. The van der Waals surface area contributed by atoms with Crippen molar-refractivity contribution in [3.63, 3.8) is 0 Å². The van der Waals surface area contributed by atoms with Crippen molar-refractivity contribution < 1.29 is 14.3 Å². The Morgan fingerprint density at radius 1 is 1.17 bits per heavy atom. The maximum absolute atomic E-state index is 10.9. The van der Waals surface area contributed by atoms with Gasteiger partial charge in [-0.05, 0) is 24.3 Å². The Balaban J connectivity index is 2.13. The molecule has 0 atom stereocenters. The molecule has 88 valence electrons. The van der Waals surface area contributed by atoms with Crippen LogP contribution in [0.15, 0.2) is 53.1 Å². The number of pyridine rings is 1. The number of carboxylic acid groups (broad SMARTS) is 1. The molecule has 1 aromatic carbocycles. The van der Waals surface area contributed by atoms with Gasteiger partial charge in [-0.15, -0.1) is 0 Å². The molecule has 0 aliphatic rings. The molecule has 0 radical (unpaired) electrons. The second-order valence-corrected chi connectivity index (χ2v) is 3.88. The summed E-state index contributed by atoms with van der Waals surface area (Å²) in [5.74, 6) is -0.408. The van der Waals surface area contributed by atoms with E-state index in [1.165, 1.54) is 12.3 Å². The minimum absolute atomic E-state index is 0.00737. The first-order valence-electron chi connectivity index (χ1n) is 5.42. The van der Waals surface area contributed by atoms with Crippen molar-refractivity contribution in [1.82, 2.24) is 4.98 Å². The fourth-order valence-electron chi connectivity index (χ4n) is 1.82. The van der Waals surface area contributed by atoms with Gasteiger partial charge in [-0.25, -0.2) is 9.78 Å². The molecular formula is C14H9NO3. The lowest BCUT2D eigenvalue weighted by molar-refractivity contribution is 0.0690. The number of fused-ring (bicyclic) bond motifs is 1. The first-order valence-corrected chi connectivity index (χ1v) is 5.42. The lowest BCUT2D eigenvalue weighted by atomic mass is 10.1. The zero-order valence-corrected chi connectivity index (χ0v) is 9.33. The molecule has 3 aromatic rings. The number of rotatable bonds is 2. The lowest BCUT2D eigenvalue weighted by Gasteiger charge is -1.97. The summed E-state index contributed by atoms with van der Waals surface area (Å²) in [6, 6.07) is 12.8. The molecule has 0 bridgehead atoms. The number of aromatic nitrogens is 1. The quantitative estimate of drug-likeness (QED) is 0.745. The summed E-state index contributed by atoms with van der Waals surface area (Å²) in [7, 11) is 0. The van der Waals surface area contributed by atoms with Crippen LogP contribution in [0.25, 0.3) is 22.3 Å². The van der Waals surface area contributed by atoms with E-state index < -0.39 is 5.97 Å². The molecule has 18 heavy (non-hydrogen) atoms. The third-order valence-corrected chi connectivity index (χ3v) is 2.69. The second-order valence-electron chi connectivity index (χ2n) is 3.88. The highest BCUT2D eigenvalue weighted by atomic mass is 16.4. The summed E-state index contributed by atoms with van der Waals surface area (Å²) in [5, 5.41) is 9.89. The average molecular weight is 239 g/mol. The summed E-state index contributed by atoms with van der Waals surface area (Å²) in [5.41, 5.74) is 1.49. The number of aromatic carboxylic acids is 1. The van der Waals surface area contributed by atoms with E-state index in [0.29, 0.717) is 11.3 Å². The van der Waals surface area contributed by atoms with E-state index in [2.05, 4.69) is 4.98 Å². The van der Waals surface area contributed by atoms with Crippen molar-refractivity contribution in [3.8, 4) is 11.3 Å². The van der Waals surface area contributed by atoms with Gasteiger partial charge in [-0.2, -0.15) is 0 Å². The zero-order valence-electron chi connectivity index (χ0n) is 9.33. The standard InChI is InChI=1S/C14H9NO3/c16-14(17)11-7-10(5-6-15-11)13-8-9-3-1-2-4-12(9)18-13/h1-8H,(H,16,17). The summed E-state index contributed by atoms with van der Waals surface area (Å²) in [4.78, 5) is 14.6. The van der Waals surface area contributed by atoms with Crippen molar-refractivity contribution in [2.75, 3.05) is 0 Å². The minimum atomic E-state index is -1.05. The average Bonchev–Trinajstić information content (AvgIpc) is 2.82. The Morgan fingerprint density at radius 3 is 2.78 bits per heavy atom. The monoisotopic (exact) mass is 239 g/mol. The van der Waals surface area contributed by atoms with E-state index in [1.54, 1.807) is 6.07 Å². The van der Waals surface area contributed by atoms with Gasteiger partial charge in [0.15, 0.2) is 0 Å². The molecule has 1 N–H and O–H groups in total. The molecule has 0 unspecified atom stereocenters. The number of carboxylic acids is 1. The van der Waals surface area contributed by atoms with Crippen LogP contribution in [0.2, 0.25) is 0 Å². The van der Waals surface area contributed by atoms with Crippen LogP contribution < -0.4 is 0 Å². The van der Waals surface area contributed by atoms with E-state index in [-0.39, 0.29) is 5.69 Å². The number of carbonyl (C=O) groups is 1. The SMILES string of the molecule is O=C(O)c1cc(-c2cc3ccccc3o2)ccn1.